The molecule has 0 aromatic heterocycles. The van der Waals surface area contributed by atoms with E-state index in [1.54, 1.807) is 44.7 Å². The van der Waals surface area contributed by atoms with Crippen LogP contribution in [0, 0.1) is 23.2 Å². The van der Waals surface area contributed by atoms with Crippen LogP contribution in [0.15, 0.2) is 58.3 Å². The molecule has 2 aliphatic rings. The SMILES string of the molecule is CC/C(N=C1C(F)=CC(N2C(=S)C(C(C)c3ccc(C#N)c(C(F)(F)F)c3)C(=O)C2(C)C)=CCC1CC)=C(\O)C(C)=O. The molecule has 3 rings (SSSR count). The Morgan fingerprint density at radius 1 is 1.31 bits per heavy atom. The van der Waals surface area contributed by atoms with Gasteiger partial charge in [-0.25, -0.2) is 4.39 Å². The number of carbonyl (C=O) groups excluding carboxylic acids is 2. The molecule has 224 valence electrons. The van der Waals surface area contributed by atoms with Crippen molar-refractivity contribution in [1.29, 1.82) is 5.26 Å². The molecule has 3 unspecified atom stereocenters. The summed E-state index contributed by atoms with van der Waals surface area (Å²) in [5.41, 5.74) is -2.24. The Morgan fingerprint density at radius 3 is 2.48 bits per heavy atom. The van der Waals surface area contributed by atoms with Crippen molar-refractivity contribution in [2.24, 2.45) is 16.8 Å². The Morgan fingerprint density at radius 2 is 1.95 bits per heavy atom. The fraction of sp³-hybridized carbons (Fsp3) is 0.452. The van der Waals surface area contributed by atoms with Crippen LogP contribution in [0.25, 0.3) is 0 Å². The second kappa shape index (κ2) is 12.3. The molecule has 0 amide bonds. The zero-order chi connectivity index (χ0) is 31.7. The number of thiocarbonyl (C=S) groups is 1. The molecule has 11 heteroatoms. The second-order valence-corrected chi connectivity index (χ2v) is 11.4. The van der Waals surface area contributed by atoms with E-state index in [1.807, 2.05) is 6.92 Å². The van der Waals surface area contributed by atoms with Gasteiger partial charge in [0.05, 0.1) is 45.1 Å². The number of ketones is 2. The summed E-state index contributed by atoms with van der Waals surface area (Å²) in [4.78, 5) is 31.5. The monoisotopic (exact) mass is 603 g/mol. The number of aliphatic hydroxyl groups is 1. The molecule has 0 saturated carbocycles. The van der Waals surface area contributed by atoms with Gasteiger partial charge < -0.3 is 10.0 Å². The van der Waals surface area contributed by atoms with Crippen LogP contribution in [0.3, 0.4) is 0 Å². The number of nitriles is 1. The lowest BCUT2D eigenvalue weighted by atomic mass is 9.81. The van der Waals surface area contributed by atoms with Crippen LogP contribution in [0.1, 0.15) is 83.4 Å². The highest BCUT2D eigenvalue weighted by Gasteiger charge is 2.53. The first kappa shape index (κ1) is 32.9. The maximum atomic E-state index is 15.8. The number of nitrogens with zero attached hydrogens (tertiary/aromatic N) is 3. The number of Topliss-reactive ketones (excluding diaryl/α,β-unsaturated/α-hetero) is 2. The van der Waals surface area contributed by atoms with Gasteiger partial charge >= 0.3 is 6.18 Å². The van der Waals surface area contributed by atoms with Gasteiger partial charge in [-0.1, -0.05) is 45.1 Å². The number of hydrogen-bond donors (Lipinski definition) is 1. The molecule has 1 aromatic carbocycles. The first-order valence-electron chi connectivity index (χ1n) is 13.6. The Kier molecular flexibility index (Phi) is 9.62. The molecule has 1 N–H and O–H groups in total. The van der Waals surface area contributed by atoms with E-state index in [4.69, 9.17) is 17.5 Å². The minimum absolute atomic E-state index is 0.0599. The third-order valence-corrected chi connectivity index (χ3v) is 8.33. The quantitative estimate of drug-likeness (QED) is 0.149. The van der Waals surface area contributed by atoms with Crippen molar-refractivity contribution < 1.29 is 32.3 Å². The lowest BCUT2D eigenvalue weighted by Gasteiger charge is -2.32. The van der Waals surface area contributed by atoms with Gasteiger partial charge in [0.15, 0.2) is 17.3 Å². The Bertz CT molecular complexity index is 1480. The van der Waals surface area contributed by atoms with Gasteiger partial charge in [0.25, 0.3) is 0 Å². The van der Waals surface area contributed by atoms with E-state index in [2.05, 4.69) is 4.99 Å². The van der Waals surface area contributed by atoms with Crippen molar-refractivity contribution >= 4 is 34.5 Å². The van der Waals surface area contributed by atoms with Crippen molar-refractivity contribution in [3.8, 4) is 6.07 Å². The van der Waals surface area contributed by atoms with Crippen LogP contribution < -0.4 is 0 Å². The fourth-order valence-corrected chi connectivity index (χ4v) is 6.06. The van der Waals surface area contributed by atoms with Crippen LogP contribution in [0.4, 0.5) is 17.6 Å². The molecular formula is C31H33F4N3O3S. The van der Waals surface area contributed by atoms with Crippen LogP contribution >= 0.6 is 12.2 Å². The molecule has 0 bridgehead atoms. The number of likely N-dealkylation sites (tertiary alicyclic amines) is 1. The summed E-state index contributed by atoms with van der Waals surface area (Å²) in [6.45, 7) is 9.58. The molecule has 1 saturated heterocycles. The minimum Gasteiger partial charge on any atom is -0.503 e. The van der Waals surface area contributed by atoms with E-state index >= 15 is 4.39 Å². The van der Waals surface area contributed by atoms with Crippen molar-refractivity contribution in [2.75, 3.05) is 0 Å². The third kappa shape index (κ3) is 6.09. The Balaban J connectivity index is 2.08. The van der Waals surface area contributed by atoms with Gasteiger partial charge in [-0.05, 0) is 62.8 Å². The predicted molar refractivity (Wildman–Crippen MR) is 155 cm³/mol. The number of allylic oxidation sites excluding steroid dienone is 5. The summed E-state index contributed by atoms with van der Waals surface area (Å²) in [6, 6.07) is 4.90. The van der Waals surface area contributed by atoms with Crippen molar-refractivity contribution in [2.45, 2.75) is 78.4 Å². The summed E-state index contributed by atoms with van der Waals surface area (Å²) in [6.07, 6.45) is -0.793. The number of alkyl halides is 3. The van der Waals surface area contributed by atoms with E-state index in [9.17, 15) is 27.9 Å². The summed E-state index contributed by atoms with van der Waals surface area (Å²) in [5.74, 6) is -4.32. The van der Waals surface area contributed by atoms with Gasteiger partial charge in [0.2, 0.25) is 0 Å². The average Bonchev–Trinajstić information content (AvgIpc) is 3.01. The molecule has 6 nitrogen and oxygen atoms in total. The topological polar surface area (TPSA) is 93.8 Å². The first-order chi connectivity index (χ1) is 19.5. The number of benzene rings is 1. The van der Waals surface area contributed by atoms with Gasteiger partial charge in [-0.2, -0.15) is 18.4 Å². The zero-order valence-electron chi connectivity index (χ0n) is 24.3. The van der Waals surface area contributed by atoms with Crippen molar-refractivity contribution in [3.63, 3.8) is 0 Å². The van der Waals surface area contributed by atoms with Gasteiger partial charge in [-0.3, -0.25) is 14.6 Å². The Hall–Kier alpha value is -3.65. The molecule has 1 aromatic rings. The van der Waals surface area contributed by atoms with E-state index in [-0.39, 0.29) is 34.2 Å². The van der Waals surface area contributed by atoms with Gasteiger partial charge in [0, 0.05) is 18.5 Å². The van der Waals surface area contributed by atoms with Crippen LogP contribution in [-0.2, 0) is 15.8 Å². The maximum absolute atomic E-state index is 15.8. The molecule has 3 atom stereocenters. The second-order valence-electron chi connectivity index (χ2n) is 10.9. The largest absolute Gasteiger partial charge is 0.503 e. The molecule has 0 spiro atoms. The van der Waals surface area contributed by atoms with E-state index in [0.29, 0.717) is 18.5 Å². The fourth-order valence-electron chi connectivity index (χ4n) is 5.42. The van der Waals surface area contributed by atoms with E-state index < -0.39 is 58.0 Å². The van der Waals surface area contributed by atoms with Gasteiger partial charge in [-0.15, -0.1) is 0 Å². The van der Waals surface area contributed by atoms with E-state index in [1.165, 1.54) is 19.1 Å². The number of rotatable bonds is 7. The summed E-state index contributed by atoms with van der Waals surface area (Å²) >= 11 is 5.75. The summed E-state index contributed by atoms with van der Waals surface area (Å²) in [5, 5.41) is 19.3. The first-order valence-corrected chi connectivity index (χ1v) is 14.0. The lowest BCUT2D eigenvalue weighted by molar-refractivity contribution is -0.137. The van der Waals surface area contributed by atoms with E-state index in [0.717, 1.165) is 12.1 Å². The van der Waals surface area contributed by atoms with Crippen LogP contribution in [0.5, 0.6) is 0 Å². The average molecular weight is 604 g/mol. The molecule has 42 heavy (non-hydrogen) atoms. The van der Waals surface area contributed by atoms with Crippen molar-refractivity contribution in [3.05, 3.63) is 70.0 Å². The Labute approximate surface area is 248 Å². The predicted octanol–water partition coefficient (Wildman–Crippen LogP) is 7.66. The smallest absolute Gasteiger partial charge is 0.417 e. The number of hydrogen-bond acceptors (Lipinski definition) is 6. The number of halogens is 4. The standard InChI is InChI=1S/C31H33F4N3O3S/c1-7-18-11-12-21(14-23(32)26(18)37-24(8-2)27(40)17(4)39)38-29(42)25(28(41)30(38,5)6)16(3)19-9-10-20(15-36)22(13-19)31(33,34)35/h9-10,12-14,16,18,25,40H,7-8,11H2,1-6H3/b27-24+,37-26?. The van der Waals surface area contributed by atoms with Crippen molar-refractivity contribution in [1.82, 2.24) is 4.90 Å². The minimum atomic E-state index is -4.76. The third-order valence-electron chi connectivity index (χ3n) is 7.89. The highest BCUT2D eigenvalue weighted by atomic mass is 32.1. The zero-order valence-corrected chi connectivity index (χ0v) is 25.1. The molecule has 1 aliphatic carbocycles. The molecule has 1 aliphatic heterocycles. The number of aliphatic imine (C=N–C) groups is 1. The molecule has 0 radical (unpaired) electrons. The molecule has 1 fully saturated rings. The lowest BCUT2D eigenvalue weighted by Crippen LogP contribution is -2.43. The number of carbonyl (C=O) groups is 2. The molecule has 1 heterocycles. The molecular weight excluding hydrogens is 570 g/mol. The highest BCUT2D eigenvalue weighted by molar-refractivity contribution is 7.80. The van der Waals surface area contributed by atoms with Crippen LogP contribution in [-0.4, -0.2) is 37.8 Å². The normalized spacial score (nSPS) is 23.2. The maximum Gasteiger partial charge on any atom is 0.417 e. The van der Waals surface area contributed by atoms with Crippen LogP contribution in [0.2, 0.25) is 0 Å². The summed E-state index contributed by atoms with van der Waals surface area (Å²) < 4.78 is 56.8. The van der Waals surface area contributed by atoms with Gasteiger partial charge in [0.1, 0.15) is 5.83 Å². The number of aliphatic hydroxyl groups excluding tert-OH is 1. The summed E-state index contributed by atoms with van der Waals surface area (Å²) in [7, 11) is 0. The highest BCUT2D eigenvalue weighted by Crippen LogP contribution is 2.44.